The Bertz CT molecular complexity index is 890. The van der Waals surface area contributed by atoms with E-state index in [9.17, 15) is 14.4 Å². The molecule has 0 amide bonds. The van der Waals surface area contributed by atoms with Crippen LogP contribution in [0.4, 0.5) is 0 Å². The van der Waals surface area contributed by atoms with Gasteiger partial charge in [-0.15, -0.1) is 0 Å². The SMILES string of the molecule is CCC(=O)O[C@H]1C[C@@H](OC(=O)CCc2c[nH]c3ccccc23)OC[C@H]1OC(=O)CC. The largest absolute Gasteiger partial charge is 0.458 e. The number of aromatic amines is 1. The summed E-state index contributed by atoms with van der Waals surface area (Å²) < 4.78 is 21.7. The number of esters is 3. The third kappa shape index (κ3) is 5.60. The van der Waals surface area contributed by atoms with E-state index in [2.05, 4.69) is 4.98 Å². The molecular weight excluding hydrogens is 390 g/mol. The minimum atomic E-state index is -0.855. The summed E-state index contributed by atoms with van der Waals surface area (Å²) in [5, 5.41) is 1.08. The standard InChI is InChI=1S/C22H27NO7/c1-3-19(24)28-17-11-22(27-13-18(17)29-20(25)4-2)30-21(26)10-9-14-12-23-16-8-6-5-7-15(14)16/h5-8,12,17-18,22-23H,3-4,9-11,13H2,1-2H3/t17-,18+,22+/m0/s1. The summed E-state index contributed by atoms with van der Waals surface area (Å²) in [6.07, 6.45) is 0.844. The Labute approximate surface area is 174 Å². The number of aryl methyl sites for hydroxylation is 1. The van der Waals surface area contributed by atoms with Crippen molar-refractivity contribution in [3.8, 4) is 0 Å². The van der Waals surface area contributed by atoms with Crippen molar-refractivity contribution in [2.24, 2.45) is 0 Å². The fourth-order valence-corrected chi connectivity index (χ4v) is 3.32. The highest BCUT2D eigenvalue weighted by Gasteiger charge is 2.38. The number of carbonyl (C=O) groups is 3. The summed E-state index contributed by atoms with van der Waals surface area (Å²) in [6, 6.07) is 7.88. The maximum atomic E-state index is 12.3. The first-order valence-electron chi connectivity index (χ1n) is 10.2. The summed E-state index contributed by atoms with van der Waals surface area (Å²) in [5.74, 6) is -1.23. The van der Waals surface area contributed by atoms with E-state index in [1.54, 1.807) is 13.8 Å². The van der Waals surface area contributed by atoms with E-state index < -0.39 is 36.4 Å². The molecule has 2 aromatic rings. The van der Waals surface area contributed by atoms with Crippen molar-refractivity contribution in [3.63, 3.8) is 0 Å². The molecule has 8 nitrogen and oxygen atoms in total. The van der Waals surface area contributed by atoms with E-state index in [1.807, 2.05) is 30.5 Å². The number of para-hydroxylation sites is 1. The lowest BCUT2D eigenvalue weighted by molar-refractivity contribution is -0.230. The van der Waals surface area contributed by atoms with Crippen LogP contribution in [0.2, 0.25) is 0 Å². The molecule has 0 radical (unpaired) electrons. The van der Waals surface area contributed by atoms with Gasteiger partial charge in [-0.25, -0.2) is 0 Å². The van der Waals surface area contributed by atoms with E-state index in [-0.39, 0.29) is 32.3 Å². The molecular formula is C22H27NO7. The van der Waals surface area contributed by atoms with Gasteiger partial charge in [0.15, 0.2) is 6.10 Å². The lowest BCUT2D eigenvalue weighted by Gasteiger charge is -2.34. The molecule has 0 spiro atoms. The average molecular weight is 417 g/mol. The molecule has 0 unspecified atom stereocenters. The van der Waals surface area contributed by atoms with Gasteiger partial charge in [-0.3, -0.25) is 14.4 Å². The van der Waals surface area contributed by atoms with Crippen LogP contribution in [0.5, 0.6) is 0 Å². The summed E-state index contributed by atoms with van der Waals surface area (Å²) in [6.45, 7) is 3.35. The minimum absolute atomic E-state index is 0.00616. The second-order valence-corrected chi connectivity index (χ2v) is 7.11. The molecule has 162 valence electrons. The molecule has 30 heavy (non-hydrogen) atoms. The number of carbonyl (C=O) groups excluding carboxylic acids is 3. The Hall–Kier alpha value is -2.87. The molecule has 1 aliphatic heterocycles. The first kappa shape index (κ1) is 21.8. The van der Waals surface area contributed by atoms with Crippen molar-refractivity contribution < 1.29 is 33.3 Å². The summed E-state index contributed by atoms with van der Waals surface area (Å²) in [5.41, 5.74) is 2.05. The molecule has 1 N–H and O–H groups in total. The highest BCUT2D eigenvalue weighted by Crippen LogP contribution is 2.23. The molecule has 1 aromatic heterocycles. The van der Waals surface area contributed by atoms with Crippen LogP contribution in [-0.2, 0) is 39.8 Å². The number of nitrogens with one attached hydrogen (secondary N) is 1. The van der Waals surface area contributed by atoms with E-state index in [1.165, 1.54) is 0 Å². The number of ether oxygens (including phenoxy) is 4. The van der Waals surface area contributed by atoms with Gasteiger partial charge in [0, 0.05) is 36.4 Å². The highest BCUT2D eigenvalue weighted by molar-refractivity contribution is 5.83. The lowest BCUT2D eigenvalue weighted by Crippen LogP contribution is -2.47. The van der Waals surface area contributed by atoms with Gasteiger partial charge in [-0.1, -0.05) is 32.0 Å². The number of H-pyrrole nitrogens is 1. The third-order valence-electron chi connectivity index (χ3n) is 4.97. The van der Waals surface area contributed by atoms with E-state index in [0.717, 1.165) is 16.5 Å². The van der Waals surface area contributed by atoms with Gasteiger partial charge in [0.25, 0.3) is 0 Å². The Balaban J connectivity index is 1.54. The van der Waals surface area contributed by atoms with Crippen molar-refractivity contribution in [3.05, 3.63) is 36.0 Å². The van der Waals surface area contributed by atoms with Gasteiger partial charge < -0.3 is 23.9 Å². The zero-order valence-corrected chi connectivity index (χ0v) is 17.2. The van der Waals surface area contributed by atoms with E-state index in [0.29, 0.717) is 6.42 Å². The topological polar surface area (TPSA) is 104 Å². The van der Waals surface area contributed by atoms with Crippen LogP contribution in [0.3, 0.4) is 0 Å². The van der Waals surface area contributed by atoms with Gasteiger partial charge in [-0.05, 0) is 18.1 Å². The summed E-state index contributed by atoms with van der Waals surface area (Å²) in [7, 11) is 0. The number of hydrogen-bond acceptors (Lipinski definition) is 7. The first-order chi connectivity index (χ1) is 14.5. The molecule has 0 bridgehead atoms. The predicted molar refractivity (Wildman–Crippen MR) is 107 cm³/mol. The molecule has 3 atom stereocenters. The molecule has 8 heteroatoms. The zero-order chi connectivity index (χ0) is 21.5. The Morgan fingerprint density at radius 3 is 2.43 bits per heavy atom. The fraction of sp³-hybridized carbons (Fsp3) is 0.500. The molecule has 2 heterocycles. The lowest BCUT2D eigenvalue weighted by atomic mass is 10.1. The number of benzene rings is 1. The van der Waals surface area contributed by atoms with Crippen molar-refractivity contribution >= 4 is 28.8 Å². The monoisotopic (exact) mass is 417 g/mol. The van der Waals surface area contributed by atoms with Gasteiger partial charge >= 0.3 is 17.9 Å². The number of fused-ring (bicyclic) bond motifs is 1. The Kier molecular flexibility index (Phi) is 7.46. The van der Waals surface area contributed by atoms with Gasteiger partial charge in [0.2, 0.25) is 6.29 Å². The minimum Gasteiger partial charge on any atom is -0.458 e. The van der Waals surface area contributed by atoms with Crippen LogP contribution >= 0.6 is 0 Å². The van der Waals surface area contributed by atoms with E-state index in [4.69, 9.17) is 18.9 Å². The van der Waals surface area contributed by atoms with Crippen molar-refractivity contribution in [2.75, 3.05) is 6.61 Å². The van der Waals surface area contributed by atoms with Crippen LogP contribution in [0, 0.1) is 0 Å². The van der Waals surface area contributed by atoms with Crippen molar-refractivity contribution in [2.45, 2.75) is 64.4 Å². The maximum Gasteiger partial charge on any atom is 0.308 e. The third-order valence-corrected chi connectivity index (χ3v) is 4.97. The molecule has 1 fully saturated rings. The zero-order valence-electron chi connectivity index (χ0n) is 17.2. The summed E-state index contributed by atoms with van der Waals surface area (Å²) in [4.78, 5) is 38.9. The van der Waals surface area contributed by atoms with Crippen LogP contribution in [0.15, 0.2) is 30.5 Å². The summed E-state index contributed by atoms with van der Waals surface area (Å²) >= 11 is 0. The normalized spacial score (nSPS) is 21.2. The Morgan fingerprint density at radius 2 is 1.70 bits per heavy atom. The van der Waals surface area contributed by atoms with Crippen LogP contribution in [0.25, 0.3) is 10.9 Å². The van der Waals surface area contributed by atoms with Gasteiger partial charge in [-0.2, -0.15) is 0 Å². The number of rotatable bonds is 8. The quantitative estimate of drug-likeness (QED) is 0.520. The number of aromatic nitrogens is 1. The molecule has 0 saturated carbocycles. The average Bonchev–Trinajstić information content (AvgIpc) is 3.17. The van der Waals surface area contributed by atoms with Crippen LogP contribution in [-0.4, -0.2) is 48.0 Å². The van der Waals surface area contributed by atoms with Crippen LogP contribution < -0.4 is 0 Å². The van der Waals surface area contributed by atoms with Crippen LogP contribution in [0.1, 0.15) is 45.1 Å². The van der Waals surface area contributed by atoms with E-state index >= 15 is 0 Å². The first-order valence-corrected chi connectivity index (χ1v) is 10.2. The van der Waals surface area contributed by atoms with Crippen molar-refractivity contribution in [1.29, 1.82) is 0 Å². The fourth-order valence-electron chi connectivity index (χ4n) is 3.32. The molecule has 0 aliphatic carbocycles. The maximum absolute atomic E-state index is 12.3. The second-order valence-electron chi connectivity index (χ2n) is 7.11. The highest BCUT2D eigenvalue weighted by atomic mass is 16.7. The van der Waals surface area contributed by atoms with Gasteiger partial charge in [0.05, 0.1) is 13.0 Å². The smallest absolute Gasteiger partial charge is 0.308 e. The predicted octanol–water partition coefficient (Wildman–Crippen LogP) is 3.03. The Morgan fingerprint density at radius 1 is 1.00 bits per heavy atom. The second kappa shape index (κ2) is 10.2. The van der Waals surface area contributed by atoms with Gasteiger partial charge in [0.1, 0.15) is 6.10 Å². The number of hydrogen-bond donors (Lipinski definition) is 1. The molecule has 1 saturated heterocycles. The molecule has 1 aromatic carbocycles. The molecule has 1 aliphatic rings. The molecule has 3 rings (SSSR count). The van der Waals surface area contributed by atoms with Crippen molar-refractivity contribution in [1.82, 2.24) is 4.98 Å².